The van der Waals surface area contributed by atoms with E-state index in [-0.39, 0.29) is 17.3 Å². The molecule has 0 aliphatic carbocycles. The first-order valence-electron chi connectivity index (χ1n) is 8.17. The third-order valence-corrected chi connectivity index (χ3v) is 6.10. The van der Waals surface area contributed by atoms with Crippen LogP contribution in [0.5, 0.6) is 0 Å². The molecule has 3 rings (SSSR count). The molecule has 0 radical (unpaired) electrons. The number of hydrogen-bond donors (Lipinski definition) is 1. The number of fused-ring (bicyclic) bond motifs is 1. The summed E-state index contributed by atoms with van der Waals surface area (Å²) in [5.41, 5.74) is 1.09. The van der Waals surface area contributed by atoms with Gasteiger partial charge >= 0.3 is 0 Å². The Kier molecular flexibility index (Phi) is 5.06. The van der Waals surface area contributed by atoms with E-state index in [2.05, 4.69) is 5.32 Å². The molecule has 5 nitrogen and oxygen atoms in total. The maximum Gasteiger partial charge on any atom is 0.251 e. The molecule has 0 saturated heterocycles. The van der Waals surface area contributed by atoms with Crippen molar-refractivity contribution in [3.63, 3.8) is 0 Å². The molecule has 6 heteroatoms. The second-order valence-corrected chi connectivity index (χ2v) is 8.26. The van der Waals surface area contributed by atoms with E-state index in [0.29, 0.717) is 11.1 Å². The maximum atomic E-state index is 12.5. The third kappa shape index (κ3) is 3.61. The summed E-state index contributed by atoms with van der Waals surface area (Å²) in [4.78, 5) is 12.7. The van der Waals surface area contributed by atoms with Gasteiger partial charge in [0.15, 0.2) is 0 Å². The van der Waals surface area contributed by atoms with Crippen LogP contribution in [0.4, 0.5) is 0 Å². The number of hydrogen-bond acceptors (Lipinski definition) is 3. The lowest BCUT2D eigenvalue weighted by atomic mass is 10.1. The number of nitrogens with zero attached hydrogens (tertiary/aromatic N) is 1. The summed E-state index contributed by atoms with van der Waals surface area (Å²) < 4.78 is 26.0. The Hall–Kier alpha value is -2.70. The lowest BCUT2D eigenvalue weighted by Gasteiger charge is -2.15. The monoisotopic (exact) mass is 368 g/mol. The van der Waals surface area contributed by atoms with E-state index in [9.17, 15) is 13.2 Å². The van der Waals surface area contributed by atoms with Crippen LogP contribution in [-0.2, 0) is 16.6 Å². The molecule has 3 aromatic rings. The van der Waals surface area contributed by atoms with Gasteiger partial charge in [-0.2, -0.15) is 0 Å². The van der Waals surface area contributed by atoms with Crippen LogP contribution in [0.1, 0.15) is 15.9 Å². The molecular weight excluding hydrogens is 348 g/mol. The Morgan fingerprint density at radius 1 is 0.923 bits per heavy atom. The second kappa shape index (κ2) is 7.27. The van der Waals surface area contributed by atoms with Crippen LogP contribution in [0.25, 0.3) is 10.8 Å². The normalized spacial score (nSPS) is 11.7. The lowest BCUT2D eigenvalue weighted by molar-refractivity contribution is 0.0950. The predicted molar refractivity (Wildman–Crippen MR) is 102 cm³/mol. The number of rotatable bonds is 5. The van der Waals surface area contributed by atoms with Crippen molar-refractivity contribution in [2.45, 2.75) is 11.4 Å². The van der Waals surface area contributed by atoms with Gasteiger partial charge < -0.3 is 5.32 Å². The fourth-order valence-corrected chi connectivity index (χ4v) is 3.82. The largest absolute Gasteiger partial charge is 0.348 e. The van der Waals surface area contributed by atoms with Crippen molar-refractivity contribution in [2.75, 3.05) is 14.1 Å². The van der Waals surface area contributed by atoms with E-state index < -0.39 is 10.0 Å². The molecule has 0 aliphatic heterocycles. The summed E-state index contributed by atoms with van der Waals surface area (Å²) in [6, 6.07) is 20.0. The summed E-state index contributed by atoms with van der Waals surface area (Å²) in [6.07, 6.45) is 0. The van der Waals surface area contributed by atoms with Gasteiger partial charge in [0.2, 0.25) is 10.0 Å². The Balaban J connectivity index is 1.82. The fourth-order valence-electron chi connectivity index (χ4n) is 2.71. The first-order valence-corrected chi connectivity index (χ1v) is 9.61. The second-order valence-electron chi connectivity index (χ2n) is 6.14. The first kappa shape index (κ1) is 18.1. The quantitative estimate of drug-likeness (QED) is 0.753. The summed E-state index contributed by atoms with van der Waals surface area (Å²) >= 11 is 0. The SMILES string of the molecule is CN(C)S(=O)(=O)c1ccccc1CNC(=O)c1ccc2ccccc2c1. The van der Waals surface area contributed by atoms with Crippen LogP contribution in [-0.4, -0.2) is 32.7 Å². The van der Waals surface area contributed by atoms with Gasteiger partial charge in [0.05, 0.1) is 4.90 Å². The molecule has 134 valence electrons. The van der Waals surface area contributed by atoms with Crippen molar-refractivity contribution in [1.82, 2.24) is 9.62 Å². The molecule has 3 aromatic carbocycles. The van der Waals surface area contributed by atoms with Crippen LogP contribution in [0.2, 0.25) is 0 Å². The summed E-state index contributed by atoms with van der Waals surface area (Å²) in [7, 11) is -0.595. The smallest absolute Gasteiger partial charge is 0.251 e. The van der Waals surface area contributed by atoms with E-state index >= 15 is 0 Å². The highest BCUT2D eigenvalue weighted by atomic mass is 32.2. The molecule has 1 amide bonds. The van der Waals surface area contributed by atoms with E-state index in [1.54, 1.807) is 30.3 Å². The highest BCUT2D eigenvalue weighted by Crippen LogP contribution is 2.19. The molecule has 0 fully saturated rings. The van der Waals surface area contributed by atoms with Crippen LogP contribution >= 0.6 is 0 Å². The highest BCUT2D eigenvalue weighted by molar-refractivity contribution is 7.89. The molecule has 0 aliphatic rings. The van der Waals surface area contributed by atoms with Crippen LogP contribution in [0, 0.1) is 0 Å². The number of carbonyl (C=O) groups is 1. The maximum absolute atomic E-state index is 12.5. The molecule has 0 aromatic heterocycles. The highest BCUT2D eigenvalue weighted by Gasteiger charge is 2.20. The Morgan fingerprint density at radius 2 is 1.58 bits per heavy atom. The molecule has 1 N–H and O–H groups in total. The summed E-state index contributed by atoms with van der Waals surface area (Å²) in [5.74, 6) is -0.243. The molecule has 26 heavy (non-hydrogen) atoms. The summed E-state index contributed by atoms with van der Waals surface area (Å²) in [5, 5.41) is 4.85. The molecule has 0 saturated carbocycles. The lowest BCUT2D eigenvalue weighted by Crippen LogP contribution is -2.27. The Morgan fingerprint density at radius 3 is 2.31 bits per heavy atom. The molecule has 0 spiro atoms. The van der Waals surface area contributed by atoms with Crippen LogP contribution in [0.15, 0.2) is 71.6 Å². The number of benzene rings is 3. The Labute approximate surface area is 153 Å². The average molecular weight is 368 g/mol. The van der Waals surface area contributed by atoms with Crippen LogP contribution < -0.4 is 5.32 Å². The van der Waals surface area contributed by atoms with Gasteiger partial charge in [-0.25, -0.2) is 12.7 Å². The number of carbonyl (C=O) groups excluding carboxylic acids is 1. The molecule has 0 bridgehead atoms. The van der Waals surface area contributed by atoms with Gasteiger partial charge in [-0.15, -0.1) is 0 Å². The van der Waals surface area contributed by atoms with Crippen molar-refractivity contribution in [1.29, 1.82) is 0 Å². The number of amides is 1. The van der Waals surface area contributed by atoms with Gasteiger partial charge in [-0.3, -0.25) is 4.79 Å². The average Bonchev–Trinajstić information content (AvgIpc) is 2.65. The summed E-state index contributed by atoms with van der Waals surface area (Å²) in [6.45, 7) is 0.134. The first-order chi connectivity index (χ1) is 12.4. The Bertz CT molecular complexity index is 1060. The van der Waals surface area contributed by atoms with Crippen molar-refractivity contribution in [3.8, 4) is 0 Å². The van der Waals surface area contributed by atoms with E-state index in [1.165, 1.54) is 14.1 Å². The van der Waals surface area contributed by atoms with E-state index in [4.69, 9.17) is 0 Å². The van der Waals surface area contributed by atoms with Gasteiger partial charge in [-0.1, -0.05) is 48.5 Å². The van der Waals surface area contributed by atoms with Gasteiger partial charge in [0.1, 0.15) is 0 Å². The standard InChI is InChI=1S/C20H20N2O3S/c1-22(2)26(24,25)19-10-6-5-9-18(19)14-21-20(23)17-12-11-15-7-3-4-8-16(15)13-17/h3-13H,14H2,1-2H3,(H,21,23). The minimum absolute atomic E-state index is 0.134. The molecule has 0 atom stereocenters. The molecular formula is C20H20N2O3S. The van der Waals surface area contributed by atoms with E-state index in [0.717, 1.165) is 15.1 Å². The van der Waals surface area contributed by atoms with Crippen molar-refractivity contribution < 1.29 is 13.2 Å². The van der Waals surface area contributed by atoms with Crippen LogP contribution in [0.3, 0.4) is 0 Å². The minimum Gasteiger partial charge on any atom is -0.348 e. The zero-order chi connectivity index (χ0) is 18.7. The molecule has 0 unspecified atom stereocenters. The minimum atomic E-state index is -3.57. The zero-order valence-corrected chi connectivity index (χ0v) is 15.5. The zero-order valence-electron chi connectivity index (χ0n) is 14.6. The topological polar surface area (TPSA) is 66.5 Å². The third-order valence-electron chi connectivity index (χ3n) is 4.18. The number of nitrogens with one attached hydrogen (secondary N) is 1. The fraction of sp³-hybridized carbons (Fsp3) is 0.150. The van der Waals surface area contributed by atoms with Gasteiger partial charge in [0, 0.05) is 26.2 Å². The van der Waals surface area contributed by atoms with Crippen molar-refractivity contribution in [2.24, 2.45) is 0 Å². The predicted octanol–water partition coefficient (Wildman–Crippen LogP) is 3.02. The van der Waals surface area contributed by atoms with E-state index in [1.807, 2.05) is 36.4 Å². The van der Waals surface area contributed by atoms with Crippen molar-refractivity contribution >= 4 is 26.7 Å². The van der Waals surface area contributed by atoms with Gasteiger partial charge in [0.25, 0.3) is 5.91 Å². The molecule has 0 heterocycles. The number of sulfonamides is 1. The van der Waals surface area contributed by atoms with Gasteiger partial charge in [-0.05, 0) is 34.5 Å². The van der Waals surface area contributed by atoms with Crippen molar-refractivity contribution in [3.05, 3.63) is 77.9 Å².